The summed E-state index contributed by atoms with van der Waals surface area (Å²) in [6, 6.07) is 17.1. The molecule has 0 radical (unpaired) electrons. The summed E-state index contributed by atoms with van der Waals surface area (Å²) in [6.07, 6.45) is 0. The van der Waals surface area contributed by atoms with Crippen molar-refractivity contribution in [3.8, 4) is 0 Å². The minimum Gasteiger partial charge on any atom is -0.356 e. The van der Waals surface area contributed by atoms with E-state index in [1.165, 1.54) is 35.3 Å². The summed E-state index contributed by atoms with van der Waals surface area (Å²) in [7, 11) is -0.364. The predicted octanol–water partition coefficient (Wildman–Crippen LogP) is 3.69. The molecular weight excluding hydrogens is 400 g/mol. The number of nitrogens with one attached hydrogen (secondary N) is 1. The van der Waals surface area contributed by atoms with Gasteiger partial charge in [-0.1, -0.05) is 65.6 Å². The van der Waals surface area contributed by atoms with Crippen molar-refractivity contribution in [2.45, 2.75) is 21.5 Å². The van der Waals surface area contributed by atoms with Crippen LogP contribution in [0.2, 0.25) is 0 Å². The second-order valence-corrected chi connectivity index (χ2v) is 10.3. The topological polar surface area (TPSA) is 75.2 Å². The molecule has 1 heterocycles. The number of thioether (sulfide) groups is 1. The lowest BCUT2D eigenvalue weighted by molar-refractivity contribution is 0.520. The molecule has 1 aromatic heterocycles. The van der Waals surface area contributed by atoms with E-state index >= 15 is 0 Å². The smallest absolute Gasteiger partial charge is 0.242 e. The molecule has 27 heavy (non-hydrogen) atoms. The van der Waals surface area contributed by atoms with Gasteiger partial charge in [0, 0.05) is 26.4 Å². The van der Waals surface area contributed by atoms with Crippen molar-refractivity contribution in [1.29, 1.82) is 0 Å². The number of hydrogen-bond acceptors (Lipinski definition) is 7. The largest absolute Gasteiger partial charge is 0.356 e. The van der Waals surface area contributed by atoms with Crippen molar-refractivity contribution in [3.05, 3.63) is 65.7 Å². The van der Waals surface area contributed by atoms with Gasteiger partial charge in [-0.05, 0) is 23.3 Å². The first-order valence-electron chi connectivity index (χ1n) is 8.21. The number of benzene rings is 2. The average molecular weight is 421 g/mol. The molecule has 0 fully saturated rings. The SMILES string of the molecule is CN(C)S(=O)(=O)c1cccc(CSc2nnc(NCc3ccccc3)s2)c1. The fraction of sp³-hybridized carbons (Fsp3) is 0.222. The fourth-order valence-electron chi connectivity index (χ4n) is 2.26. The van der Waals surface area contributed by atoms with Gasteiger partial charge >= 0.3 is 0 Å². The molecule has 0 aliphatic heterocycles. The van der Waals surface area contributed by atoms with Crippen LogP contribution in [0, 0.1) is 0 Å². The maximum absolute atomic E-state index is 12.2. The lowest BCUT2D eigenvalue weighted by Crippen LogP contribution is -2.22. The normalized spacial score (nSPS) is 11.7. The van der Waals surface area contributed by atoms with Gasteiger partial charge < -0.3 is 5.32 Å². The first kappa shape index (κ1) is 19.8. The Hall–Kier alpha value is -1.94. The van der Waals surface area contributed by atoms with Crippen LogP contribution in [0.15, 0.2) is 63.8 Å². The second-order valence-electron chi connectivity index (χ2n) is 5.94. The van der Waals surface area contributed by atoms with Crippen LogP contribution in [0.4, 0.5) is 5.13 Å². The standard InChI is InChI=1S/C18H20N4O2S3/c1-22(2)27(23,24)16-10-6-9-15(11-16)13-25-18-21-20-17(26-18)19-12-14-7-4-3-5-8-14/h3-11H,12-13H2,1-2H3,(H,19,20). The van der Waals surface area contributed by atoms with E-state index in [0.29, 0.717) is 17.2 Å². The van der Waals surface area contributed by atoms with Gasteiger partial charge in [0.1, 0.15) is 0 Å². The van der Waals surface area contributed by atoms with Crippen LogP contribution in [0.1, 0.15) is 11.1 Å². The molecule has 0 amide bonds. The summed E-state index contributed by atoms with van der Waals surface area (Å²) in [5, 5.41) is 12.4. The molecule has 6 nitrogen and oxygen atoms in total. The van der Waals surface area contributed by atoms with Crippen molar-refractivity contribution >= 4 is 38.3 Å². The Labute approximate surface area is 167 Å². The van der Waals surface area contributed by atoms with Crippen molar-refractivity contribution in [2.75, 3.05) is 19.4 Å². The average Bonchev–Trinajstić information content (AvgIpc) is 3.13. The molecule has 0 atom stereocenters. The fourth-order valence-corrected chi connectivity index (χ4v) is 4.93. The molecule has 0 unspecified atom stereocenters. The molecule has 1 N–H and O–H groups in total. The highest BCUT2D eigenvalue weighted by molar-refractivity contribution is 8.00. The van der Waals surface area contributed by atoms with Gasteiger partial charge in [-0.15, -0.1) is 10.2 Å². The van der Waals surface area contributed by atoms with Crippen LogP contribution in [0.3, 0.4) is 0 Å². The van der Waals surface area contributed by atoms with Gasteiger partial charge in [0.15, 0.2) is 4.34 Å². The third-order valence-corrected chi connectivity index (χ3v) is 7.63. The van der Waals surface area contributed by atoms with Crippen LogP contribution in [0.5, 0.6) is 0 Å². The predicted molar refractivity (Wildman–Crippen MR) is 111 cm³/mol. The summed E-state index contributed by atoms with van der Waals surface area (Å²) in [5.41, 5.74) is 2.11. The molecule has 2 aromatic carbocycles. The van der Waals surface area contributed by atoms with E-state index in [9.17, 15) is 8.42 Å². The van der Waals surface area contributed by atoms with Gasteiger partial charge in [-0.2, -0.15) is 0 Å². The molecular formula is C18H20N4O2S3. The highest BCUT2D eigenvalue weighted by atomic mass is 32.2. The molecule has 3 aromatic rings. The van der Waals surface area contributed by atoms with Crippen molar-refractivity contribution in [1.82, 2.24) is 14.5 Å². The van der Waals surface area contributed by atoms with Crippen LogP contribution in [-0.2, 0) is 22.3 Å². The van der Waals surface area contributed by atoms with Crippen LogP contribution in [0.25, 0.3) is 0 Å². The zero-order valence-electron chi connectivity index (χ0n) is 15.0. The van der Waals surface area contributed by atoms with Crippen molar-refractivity contribution in [2.24, 2.45) is 0 Å². The van der Waals surface area contributed by atoms with E-state index in [1.54, 1.807) is 30.0 Å². The third kappa shape index (κ3) is 5.29. The first-order valence-corrected chi connectivity index (χ1v) is 11.4. The zero-order chi connectivity index (χ0) is 19.3. The minimum absolute atomic E-state index is 0.299. The lowest BCUT2D eigenvalue weighted by atomic mass is 10.2. The van der Waals surface area contributed by atoms with Crippen molar-refractivity contribution < 1.29 is 8.42 Å². The lowest BCUT2D eigenvalue weighted by Gasteiger charge is -2.12. The van der Waals surface area contributed by atoms with Crippen molar-refractivity contribution in [3.63, 3.8) is 0 Å². The van der Waals surface area contributed by atoms with Gasteiger partial charge in [0.2, 0.25) is 15.2 Å². The van der Waals surface area contributed by atoms with E-state index in [4.69, 9.17) is 0 Å². The molecule has 0 bridgehead atoms. The van der Waals surface area contributed by atoms with E-state index in [2.05, 4.69) is 27.6 Å². The van der Waals surface area contributed by atoms with Gasteiger partial charge in [0.05, 0.1) is 4.90 Å². The third-order valence-electron chi connectivity index (χ3n) is 3.73. The summed E-state index contributed by atoms with van der Waals surface area (Å²) in [4.78, 5) is 0.299. The van der Waals surface area contributed by atoms with Crippen LogP contribution in [-0.4, -0.2) is 37.0 Å². The molecule has 0 saturated carbocycles. The molecule has 3 rings (SSSR count). The van der Waals surface area contributed by atoms with Crippen LogP contribution < -0.4 is 5.32 Å². The summed E-state index contributed by atoms with van der Waals surface area (Å²) in [5.74, 6) is 0.629. The Balaban J connectivity index is 1.59. The maximum atomic E-state index is 12.2. The van der Waals surface area contributed by atoms with E-state index in [-0.39, 0.29) is 0 Å². The Morgan fingerprint density at radius 1 is 1.04 bits per heavy atom. The Morgan fingerprint density at radius 3 is 2.52 bits per heavy atom. The van der Waals surface area contributed by atoms with Gasteiger partial charge in [0.25, 0.3) is 0 Å². The highest BCUT2D eigenvalue weighted by Gasteiger charge is 2.17. The number of anilines is 1. The van der Waals surface area contributed by atoms with Gasteiger partial charge in [-0.25, -0.2) is 12.7 Å². The zero-order valence-corrected chi connectivity index (χ0v) is 17.4. The number of rotatable bonds is 8. The molecule has 0 saturated heterocycles. The quantitative estimate of drug-likeness (QED) is 0.560. The van der Waals surface area contributed by atoms with E-state index < -0.39 is 10.0 Å². The number of sulfonamides is 1. The summed E-state index contributed by atoms with van der Waals surface area (Å²) < 4.78 is 26.5. The van der Waals surface area contributed by atoms with Gasteiger partial charge in [-0.3, -0.25) is 0 Å². The number of aromatic nitrogens is 2. The minimum atomic E-state index is -3.42. The summed E-state index contributed by atoms with van der Waals surface area (Å²) >= 11 is 3.03. The monoisotopic (exact) mass is 420 g/mol. The summed E-state index contributed by atoms with van der Waals surface area (Å²) in [6.45, 7) is 0.699. The first-order chi connectivity index (χ1) is 12.9. The number of hydrogen-bond donors (Lipinski definition) is 1. The van der Waals surface area contributed by atoms with E-state index in [0.717, 1.165) is 15.0 Å². The van der Waals surface area contributed by atoms with Crippen LogP contribution >= 0.6 is 23.1 Å². The Bertz CT molecular complexity index is 989. The number of nitrogens with zero attached hydrogens (tertiary/aromatic N) is 3. The highest BCUT2D eigenvalue weighted by Crippen LogP contribution is 2.29. The Morgan fingerprint density at radius 2 is 1.78 bits per heavy atom. The molecule has 142 valence electrons. The molecule has 0 aliphatic carbocycles. The Kier molecular flexibility index (Phi) is 6.48. The maximum Gasteiger partial charge on any atom is 0.242 e. The molecule has 9 heteroatoms. The van der Waals surface area contributed by atoms with E-state index in [1.807, 2.05) is 24.3 Å². The second kappa shape index (κ2) is 8.83. The molecule has 0 aliphatic rings. The molecule has 0 spiro atoms.